The van der Waals surface area contributed by atoms with Crippen LogP contribution in [0, 0.1) is 18.3 Å². The van der Waals surface area contributed by atoms with Crippen LogP contribution in [0.2, 0.25) is 0 Å². The number of carbonyl (C=O) groups excluding carboxylic acids is 1. The lowest BCUT2D eigenvalue weighted by Crippen LogP contribution is -2.26. The summed E-state index contributed by atoms with van der Waals surface area (Å²) in [6.45, 7) is 5.81. The van der Waals surface area contributed by atoms with Crippen LogP contribution in [0.3, 0.4) is 0 Å². The Morgan fingerprint density at radius 3 is 2.42 bits per heavy atom. The first-order chi connectivity index (χ1) is 15.5. The summed E-state index contributed by atoms with van der Waals surface area (Å²) in [6.07, 6.45) is 4.56. The molecule has 0 saturated heterocycles. The van der Waals surface area contributed by atoms with Crippen molar-refractivity contribution < 1.29 is 28.5 Å². The molecule has 3 unspecified atom stereocenters. The van der Waals surface area contributed by atoms with Gasteiger partial charge in [0.2, 0.25) is 5.66 Å². The molecule has 0 aliphatic heterocycles. The van der Waals surface area contributed by atoms with Gasteiger partial charge >= 0.3 is 14.0 Å². The number of ether oxygens (including phenoxy) is 1. The lowest BCUT2D eigenvalue weighted by atomic mass is 9.78. The van der Waals surface area contributed by atoms with Crippen LogP contribution in [-0.2, 0) is 19.5 Å². The number of carbonyl (C=O) groups is 1. The van der Waals surface area contributed by atoms with E-state index in [1.165, 1.54) is 24.3 Å². The van der Waals surface area contributed by atoms with Crippen LogP contribution in [0.4, 0.5) is 4.39 Å². The van der Waals surface area contributed by atoms with Crippen molar-refractivity contribution in [3.05, 3.63) is 65.5 Å². The lowest BCUT2D eigenvalue weighted by Gasteiger charge is -2.28. The molecule has 0 fully saturated rings. The molecule has 1 heterocycles. The molecule has 3 aromatic rings. The molecule has 170 valence electrons. The van der Waals surface area contributed by atoms with Gasteiger partial charge in [-0.05, 0) is 45.9 Å². The second-order valence-corrected chi connectivity index (χ2v) is 9.80. The fraction of sp³-hybridized carbons (Fsp3) is 0.280. The van der Waals surface area contributed by atoms with E-state index in [0.29, 0.717) is 27.9 Å². The lowest BCUT2D eigenvalue weighted by molar-refractivity contribution is -0.139. The van der Waals surface area contributed by atoms with Gasteiger partial charge in [-0.2, -0.15) is 4.89 Å². The highest BCUT2D eigenvalue weighted by Crippen LogP contribution is 2.50. The third-order valence-electron chi connectivity index (χ3n) is 5.24. The van der Waals surface area contributed by atoms with E-state index in [9.17, 15) is 23.7 Å². The van der Waals surface area contributed by atoms with Crippen LogP contribution in [-0.4, -0.2) is 27.1 Å². The summed E-state index contributed by atoms with van der Waals surface area (Å²) < 4.78 is 30.8. The van der Waals surface area contributed by atoms with E-state index in [-0.39, 0.29) is 0 Å². The Labute approximate surface area is 192 Å². The van der Waals surface area contributed by atoms with E-state index in [1.54, 1.807) is 6.11 Å². The minimum Gasteiger partial charge on any atom is -0.387 e. The van der Waals surface area contributed by atoms with Crippen molar-refractivity contribution in [3.8, 4) is 23.8 Å². The van der Waals surface area contributed by atoms with Crippen LogP contribution >= 0.6 is 8.03 Å². The van der Waals surface area contributed by atoms with Crippen molar-refractivity contribution in [1.29, 1.82) is 0 Å². The molecule has 33 heavy (non-hydrogen) atoms. The molecule has 0 aliphatic rings. The smallest absolute Gasteiger partial charge is 0.387 e. The summed E-state index contributed by atoms with van der Waals surface area (Å²) in [4.78, 5) is 27.0. The summed E-state index contributed by atoms with van der Waals surface area (Å²) >= 11 is 0. The van der Waals surface area contributed by atoms with Gasteiger partial charge in [0.15, 0.2) is 0 Å². The van der Waals surface area contributed by atoms with Gasteiger partial charge in [-0.25, -0.2) is 9.37 Å². The number of aliphatic hydroxyl groups excluding tert-OH is 1. The molecular weight excluding hydrogens is 444 g/mol. The Kier molecular flexibility index (Phi) is 7.24. The number of esters is 1. The van der Waals surface area contributed by atoms with Gasteiger partial charge in [-0.1, -0.05) is 45.4 Å². The van der Waals surface area contributed by atoms with Crippen molar-refractivity contribution in [2.45, 2.75) is 44.4 Å². The van der Waals surface area contributed by atoms with E-state index in [0.717, 1.165) is 5.39 Å². The summed E-state index contributed by atoms with van der Waals surface area (Å²) in [5, 5.41) is 11.6. The van der Waals surface area contributed by atoms with Crippen molar-refractivity contribution >= 4 is 24.9 Å². The molecule has 0 spiro atoms. The van der Waals surface area contributed by atoms with E-state index >= 15 is 0 Å². The van der Waals surface area contributed by atoms with Gasteiger partial charge < -0.3 is 9.84 Å². The monoisotopic (exact) mass is 468 g/mol. The molecule has 0 aliphatic carbocycles. The Hall–Kier alpha value is -3.17. The number of para-hydroxylation sites is 1. The van der Waals surface area contributed by atoms with Gasteiger partial charge in [-0.3, -0.25) is 4.79 Å². The zero-order chi connectivity index (χ0) is 24.3. The number of fused-ring (bicyclic) bond motifs is 1. The topological polar surface area (TPSA) is 96.7 Å². The van der Waals surface area contributed by atoms with Crippen LogP contribution in [0.15, 0.2) is 48.5 Å². The highest BCUT2D eigenvalue weighted by atomic mass is 31.1. The zero-order valence-electron chi connectivity index (χ0n) is 18.4. The van der Waals surface area contributed by atoms with Crippen molar-refractivity contribution in [3.63, 3.8) is 0 Å². The number of pyridine rings is 1. The van der Waals surface area contributed by atoms with Gasteiger partial charge in [0.05, 0.1) is 17.6 Å². The van der Waals surface area contributed by atoms with Crippen molar-refractivity contribution in [2.24, 2.45) is 0 Å². The Morgan fingerprint density at radius 1 is 1.21 bits per heavy atom. The predicted octanol–water partition coefficient (Wildman–Crippen LogP) is 5.00. The summed E-state index contributed by atoms with van der Waals surface area (Å²) in [5.41, 5.74) is 0.551. The highest BCUT2D eigenvalue weighted by Gasteiger charge is 2.45. The average Bonchev–Trinajstić information content (AvgIpc) is 2.72. The normalized spacial score (nSPS) is 13.8. The summed E-state index contributed by atoms with van der Waals surface area (Å²) in [6, 6.07) is 12.9. The molecule has 0 amide bonds. The first-order valence-electron chi connectivity index (χ1n) is 10.2. The number of hydrogen-bond acceptors (Lipinski definition) is 5. The van der Waals surface area contributed by atoms with Crippen LogP contribution in [0.1, 0.15) is 44.0 Å². The maximum atomic E-state index is 13.6. The fourth-order valence-corrected chi connectivity index (χ4v) is 4.86. The number of aromatic nitrogens is 1. The zero-order valence-corrected chi connectivity index (χ0v) is 19.3. The molecule has 3 atom stereocenters. The van der Waals surface area contributed by atoms with Crippen molar-refractivity contribution in [2.75, 3.05) is 0 Å². The first-order valence-corrected chi connectivity index (χ1v) is 11.5. The summed E-state index contributed by atoms with van der Waals surface area (Å²) in [7, 11) is -3.02. The number of nitrogens with zero attached hydrogens (tertiary/aromatic N) is 1. The molecule has 2 N–H and O–H groups in total. The van der Waals surface area contributed by atoms with Crippen LogP contribution < -0.4 is 0 Å². The maximum Gasteiger partial charge on any atom is 0.516 e. The van der Waals surface area contributed by atoms with Crippen LogP contribution in [0.5, 0.6) is 0 Å². The standard InChI is InChI=1S/C25H23FNO5P/c1-5-32-20(29)14-19(28)24(33(30)31)21-22(25(2,3)4)17-8-6-7-9-18(17)27-23(21)15-10-12-16(26)13-11-15/h1,6-13,19,24,28H,14H2,2-4H3/p+1. The van der Waals surface area contributed by atoms with E-state index in [2.05, 4.69) is 4.74 Å². The number of rotatable bonds is 6. The van der Waals surface area contributed by atoms with Gasteiger partial charge in [0.1, 0.15) is 18.0 Å². The van der Waals surface area contributed by atoms with Crippen molar-refractivity contribution in [1.82, 2.24) is 4.98 Å². The minimum absolute atomic E-state index is 0.317. The molecule has 8 heteroatoms. The number of aliphatic hydroxyl groups is 1. The molecule has 0 bridgehead atoms. The van der Waals surface area contributed by atoms with Gasteiger partial charge in [-0.15, -0.1) is 0 Å². The molecule has 2 aromatic carbocycles. The molecule has 1 aromatic heterocycles. The molecule has 3 rings (SSSR count). The quantitative estimate of drug-likeness (QED) is 0.300. The fourth-order valence-electron chi connectivity index (χ4n) is 3.99. The average molecular weight is 468 g/mol. The number of benzene rings is 2. The maximum absolute atomic E-state index is 13.6. The van der Waals surface area contributed by atoms with E-state index in [4.69, 9.17) is 11.4 Å². The summed E-state index contributed by atoms with van der Waals surface area (Å²) in [5.74, 6) is -1.35. The molecule has 0 saturated carbocycles. The first kappa shape index (κ1) is 24.5. The number of hydrogen-bond donors (Lipinski definition) is 2. The SMILES string of the molecule is C#COC(=O)CC(O)C(c1c(-c2ccc(F)cc2)nc2ccccc2c1C(C)(C)C)[P+](=O)O. The number of halogens is 1. The van der Waals surface area contributed by atoms with Crippen LogP contribution in [0.25, 0.3) is 22.2 Å². The Morgan fingerprint density at radius 2 is 1.85 bits per heavy atom. The van der Waals surface area contributed by atoms with E-state index in [1.807, 2.05) is 45.0 Å². The van der Waals surface area contributed by atoms with Gasteiger partial charge in [0, 0.05) is 16.5 Å². The Bertz CT molecular complexity index is 1240. The predicted molar refractivity (Wildman–Crippen MR) is 124 cm³/mol. The minimum atomic E-state index is -3.02. The third-order valence-corrected chi connectivity index (χ3v) is 6.32. The second-order valence-electron chi connectivity index (χ2n) is 8.63. The molecule has 6 nitrogen and oxygen atoms in total. The largest absolute Gasteiger partial charge is 0.516 e. The van der Waals surface area contributed by atoms with E-state index < -0.39 is 43.4 Å². The van der Waals surface area contributed by atoms with Gasteiger partial charge in [0.25, 0.3) is 0 Å². The second kappa shape index (κ2) is 9.76. The Balaban J connectivity index is 2.40. The number of terminal acetylenes is 1. The molecular formula is C25H24FNO5P+. The highest BCUT2D eigenvalue weighted by molar-refractivity contribution is 7.38. The molecule has 0 radical (unpaired) electrons. The third kappa shape index (κ3) is 5.26.